The average Bonchev–Trinajstić information content (AvgIpc) is 3.23. The number of nitrogens with zero attached hydrogens (tertiary/aromatic N) is 2. The Kier molecular flexibility index (Phi) is 4.07. The molecule has 0 radical (unpaired) electrons. The van der Waals surface area contributed by atoms with Crippen LogP contribution < -0.4 is 9.62 Å². The van der Waals surface area contributed by atoms with Crippen molar-refractivity contribution in [1.29, 1.82) is 0 Å². The molecule has 3 rings (SSSR count). The Morgan fingerprint density at radius 1 is 1.38 bits per heavy atom. The Balaban J connectivity index is 1.70. The van der Waals surface area contributed by atoms with Crippen LogP contribution in [-0.4, -0.2) is 37.8 Å². The molecule has 1 aliphatic heterocycles. The highest BCUT2D eigenvalue weighted by molar-refractivity contribution is 7.90. The summed E-state index contributed by atoms with van der Waals surface area (Å²) in [4.78, 5) is 5.79. The van der Waals surface area contributed by atoms with Gasteiger partial charge in [0, 0.05) is 25.3 Å². The molecule has 1 unspecified atom stereocenters. The first-order chi connectivity index (χ1) is 9.95. The number of anilines is 1. The molecule has 5 nitrogen and oxygen atoms in total. The van der Waals surface area contributed by atoms with E-state index in [9.17, 15) is 12.8 Å². The number of halogens is 2. The summed E-state index contributed by atoms with van der Waals surface area (Å²) in [5, 5.41) is 0.0116. The molecule has 2 aliphatic rings. The third-order valence-electron chi connectivity index (χ3n) is 3.80. The first kappa shape index (κ1) is 15.0. The third-order valence-corrected chi connectivity index (χ3v) is 6.02. The van der Waals surface area contributed by atoms with Crippen molar-refractivity contribution in [3.05, 3.63) is 23.1 Å². The van der Waals surface area contributed by atoms with Crippen LogP contribution in [0.5, 0.6) is 0 Å². The van der Waals surface area contributed by atoms with E-state index >= 15 is 0 Å². The molecular weight excluding hydrogens is 317 g/mol. The van der Waals surface area contributed by atoms with Crippen LogP contribution in [0.25, 0.3) is 0 Å². The van der Waals surface area contributed by atoms with Crippen molar-refractivity contribution in [3.63, 3.8) is 0 Å². The van der Waals surface area contributed by atoms with Crippen molar-refractivity contribution in [3.8, 4) is 0 Å². The number of sulfonamides is 1. The van der Waals surface area contributed by atoms with E-state index in [0.717, 1.165) is 25.7 Å². The van der Waals surface area contributed by atoms with Gasteiger partial charge in [0.05, 0.1) is 10.3 Å². The van der Waals surface area contributed by atoms with Gasteiger partial charge in [-0.3, -0.25) is 0 Å². The fourth-order valence-electron chi connectivity index (χ4n) is 2.61. The molecule has 2 heterocycles. The van der Waals surface area contributed by atoms with Crippen molar-refractivity contribution >= 4 is 27.4 Å². The van der Waals surface area contributed by atoms with Gasteiger partial charge >= 0.3 is 0 Å². The highest BCUT2D eigenvalue weighted by atomic mass is 35.5. The standard InChI is InChI=1S/C13H17ClFN3O2S/c14-9-6-12(15)13(16-7-9)18-5-1-2-10(8-18)17-21(19,20)11-3-4-11/h6-7,10-11,17H,1-5,8H2. The van der Waals surface area contributed by atoms with Crippen molar-refractivity contribution in [1.82, 2.24) is 9.71 Å². The fraction of sp³-hybridized carbons (Fsp3) is 0.615. The van der Waals surface area contributed by atoms with E-state index in [-0.39, 0.29) is 22.1 Å². The van der Waals surface area contributed by atoms with Crippen LogP contribution in [0.15, 0.2) is 12.3 Å². The SMILES string of the molecule is O=S(=O)(NC1CCCN(c2ncc(Cl)cc2F)C1)C1CC1. The molecule has 0 bridgehead atoms. The van der Waals surface area contributed by atoms with Gasteiger partial charge in [-0.05, 0) is 31.7 Å². The van der Waals surface area contributed by atoms with Crippen molar-refractivity contribution in [2.24, 2.45) is 0 Å². The smallest absolute Gasteiger partial charge is 0.214 e. The fourth-order valence-corrected chi connectivity index (χ4v) is 4.36. The summed E-state index contributed by atoms with van der Waals surface area (Å²) in [6.45, 7) is 1.09. The van der Waals surface area contributed by atoms with Crippen molar-refractivity contribution < 1.29 is 12.8 Å². The Hall–Kier alpha value is -0.920. The molecule has 8 heteroatoms. The van der Waals surface area contributed by atoms with Gasteiger partial charge in [-0.2, -0.15) is 0 Å². The molecule has 1 saturated heterocycles. The highest BCUT2D eigenvalue weighted by Gasteiger charge is 2.37. The number of piperidine rings is 1. The zero-order chi connectivity index (χ0) is 15.0. The van der Waals surface area contributed by atoms with Crippen LogP contribution in [0.3, 0.4) is 0 Å². The van der Waals surface area contributed by atoms with Gasteiger partial charge in [-0.1, -0.05) is 11.6 Å². The van der Waals surface area contributed by atoms with Crippen LogP contribution >= 0.6 is 11.6 Å². The molecule has 116 valence electrons. The topological polar surface area (TPSA) is 62.3 Å². The lowest BCUT2D eigenvalue weighted by Crippen LogP contribution is -2.49. The quantitative estimate of drug-likeness (QED) is 0.914. The van der Waals surface area contributed by atoms with Crippen LogP contribution in [0.1, 0.15) is 25.7 Å². The first-order valence-corrected chi connectivity index (χ1v) is 8.95. The molecule has 0 amide bonds. The summed E-state index contributed by atoms with van der Waals surface area (Å²) in [6, 6.07) is 1.03. The van der Waals surface area contributed by atoms with E-state index in [0.29, 0.717) is 13.1 Å². The molecule has 1 atom stereocenters. The second-order valence-corrected chi connectivity index (χ2v) is 8.04. The molecule has 0 aromatic carbocycles. The highest BCUT2D eigenvalue weighted by Crippen LogP contribution is 2.29. The Labute approximate surface area is 128 Å². The predicted octanol–water partition coefficient (Wildman–Crippen LogP) is 1.92. The number of nitrogens with one attached hydrogen (secondary N) is 1. The minimum absolute atomic E-state index is 0.193. The second kappa shape index (κ2) is 5.70. The van der Waals surface area contributed by atoms with E-state index in [2.05, 4.69) is 9.71 Å². The summed E-state index contributed by atoms with van der Waals surface area (Å²) in [7, 11) is -3.22. The molecule has 1 saturated carbocycles. The average molecular weight is 334 g/mol. The summed E-state index contributed by atoms with van der Waals surface area (Å²) in [5.41, 5.74) is 0. The van der Waals surface area contributed by atoms with E-state index in [1.807, 2.05) is 0 Å². The van der Waals surface area contributed by atoms with Gasteiger partial charge < -0.3 is 4.90 Å². The maximum absolute atomic E-state index is 13.9. The molecule has 2 fully saturated rings. The number of rotatable bonds is 4. The molecule has 1 aromatic heterocycles. The third kappa shape index (κ3) is 3.46. The first-order valence-electron chi connectivity index (χ1n) is 7.03. The van der Waals surface area contributed by atoms with Gasteiger partial charge in [0.15, 0.2) is 11.6 Å². The maximum Gasteiger partial charge on any atom is 0.214 e. The Morgan fingerprint density at radius 3 is 2.81 bits per heavy atom. The van der Waals surface area contributed by atoms with E-state index in [1.54, 1.807) is 4.90 Å². The second-order valence-electron chi connectivity index (χ2n) is 5.61. The molecular formula is C13H17ClFN3O2S. The predicted molar refractivity (Wildman–Crippen MR) is 79.5 cm³/mol. The van der Waals surface area contributed by atoms with Crippen LogP contribution in [0, 0.1) is 5.82 Å². The summed E-state index contributed by atoms with van der Waals surface area (Å²) in [5.74, 6) is -0.247. The summed E-state index contributed by atoms with van der Waals surface area (Å²) in [6.07, 6.45) is 4.43. The normalized spacial score (nSPS) is 23.3. The lowest BCUT2D eigenvalue weighted by molar-refractivity contribution is 0.458. The van der Waals surface area contributed by atoms with Crippen LogP contribution in [0.4, 0.5) is 10.2 Å². The van der Waals surface area contributed by atoms with Gasteiger partial charge in [-0.15, -0.1) is 0 Å². The maximum atomic E-state index is 13.9. The lowest BCUT2D eigenvalue weighted by atomic mass is 10.1. The minimum atomic E-state index is -3.22. The molecule has 21 heavy (non-hydrogen) atoms. The molecule has 1 aliphatic carbocycles. The minimum Gasteiger partial charge on any atom is -0.353 e. The van der Waals surface area contributed by atoms with E-state index < -0.39 is 15.8 Å². The summed E-state index contributed by atoms with van der Waals surface area (Å²) < 4.78 is 40.6. The van der Waals surface area contributed by atoms with Gasteiger partial charge in [0.2, 0.25) is 10.0 Å². The van der Waals surface area contributed by atoms with E-state index in [4.69, 9.17) is 11.6 Å². The summed E-state index contributed by atoms with van der Waals surface area (Å²) >= 11 is 5.70. The van der Waals surface area contributed by atoms with E-state index in [1.165, 1.54) is 12.3 Å². The van der Waals surface area contributed by atoms with Crippen molar-refractivity contribution in [2.75, 3.05) is 18.0 Å². The zero-order valence-electron chi connectivity index (χ0n) is 11.4. The van der Waals surface area contributed by atoms with Crippen LogP contribution in [-0.2, 0) is 10.0 Å². The van der Waals surface area contributed by atoms with Gasteiger partial charge in [0.1, 0.15) is 0 Å². The molecule has 1 aromatic rings. The number of hydrogen-bond acceptors (Lipinski definition) is 4. The lowest BCUT2D eigenvalue weighted by Gasteiger charge is -2.33. The largest absolute Gasteiger partial charge is 0.353 e. The Morgan fingerprint density at radius 2 is 2.14 bits per heavy atom. The molecule has 1 N–H and O–H groups in total. The number of aromatic nitrogens is 1. The van der Waals surface area contributed by atoms with Gasteiger partial charge in [0.25, 0.3) is 0 Å². The van der Waals surface area contributed by atoms with Gasteiger partial charge in [-0.25, -0.2) is 22.5 Å². The van der Waals surface area contributed by atoms with Crippen molar-refractivity contribution in [2.45, 2.75) is 37.0 Å². The number of hydrogen-bond donors (Lipinski definition) is 1. The Bertz CT molecular complexity index is 636. The molecule has 0 spiro atoms. The van der Waals surface area contributed by atoms with Crippen LogP contribution in [0.2, 0.25) is 5.02 Å². The zero-order valence-corrected chi connectivity index (χ0v) is 13.0. The monoisotopic (exact) mass is 333 g/mol. The number of pyridine rings is 1.